The summed E-state index contributed by atoms with van der Waals surface area (Å²) in [6, 6.07) is 44.3. The molecule has 9 heteroatoms. The molecule has 0 saturated carbocycles. The Morgan fingerprint density at radius 1 is 0.750 bits per heavy atom. The van der Waals surface area contributed by atoms with Gasteiger partial charge in [0, 0.05) is 42.0 Å². The van der Waals surface area contributed by atoms with Crippen LogP contribution in [0.2, 0.25) is 0 Å². The van der Waals surface area contributed by atoms with Crippen molar-refractivity contribution in [3.05, 3.63) is 156 Å². The number of carbonyl (C=O) groups excluding carboxylic acids is 1. The van der Waals surface area contributed by atoms with Crippen molar-refractivity contribution >= 4 is 17.8 Å². The van der Waals surface area contributed by atoms with E-state index in [1.165, 1.54) is 11.8 Å². The van der Waals surface area contributed by atoms with Crippen molar-refractivity contribution in [3.63, 3.8) is 0 Å². The number of amides is 2. The van der Waals surface area contributed by atoms with Crippen molar-refractivity contribution < 1.29 is 23.8 Å². The second-order valence-electron chi connectivity index (χ2n) is 12.6. The second-order valence-corrected chi connectivity index (χ2v) is 13.6. The number of hydrogen-bond donors (Lipinski definition) is 3. The van der Waals surface area contributed by atoms with Crippen LogP contribution in [-0.2, 0) is 22.6 Å². The number of aromatic nitrogens is 1. The fraction of sp³-hybridized carbons (Fsp3) is 0.209. The van der Waals surface area contributed by atoms with E-state index >= 15 is 0 Å². The monoisotopic (exact) mass is 711 g/mol. The summed E-state index contributed by atoms with van der Waals surface area (Å²) in [6.07, 6.45) is -0.315. The molecular formula is C43H41N3O5S. The van der Waals surface area contributed by atoms with Crippen LogP contribution in [0.3, 0.4) is 0 Å². The number of oxazole rings is 1. The zero-order valence-electron chi connectivity index (χ0n) is 28.9. The Morgan fingerprint density at radius 3 is 2.15 bits per heavy atom. The van der Waals surface area contributed by atoms with Gasteiger partial charge in [-0.3, -0.25) is 0 Å². The van der Waals surface area contributed by atoms with E-state index in [4.69, 9.17) is 18.9 Å². The van der Waals surface area contributed by atoms with Gasteiger partial charge in [0.15, 0.2) is 12.1 Å². The van der Waals surface area contributed by atoms with Crippen LogP contribution in [0.5, 0.6) is 0 Å². The van der Waals surface area contributed by atoms with E-state index in [1.807, 2.05) is 116 Å². The zero-order valence-corrected chi connectivity index (χ0v) is 29.7. The first-order chi connectivity index (χ1) is 25.6. The summed E-state index contributed by atoms with van der Waals surface area (Å²) >= 11 is 1.54. The van der Waals surface area contributed by atoms with Crippen molar-refractivity contribution in [2.75, 3.05) is 12.3 Å². The fourth-order valence-corrected chi connectivity index (χ4v) is 7.07. The molecule has 5 aromatic carbocycles. The number of benzene rings is 5. The number of nitrogens with one attached hydrogen (secondary N) is 2. The third kappa shape index (κ3) is 8.63. The summed E-state index contributed by atoms with van der Waals surface area (Å²) in [4.78, 5) is 16.8. The van der Waals surface area contributed by atoms with Gasteiger partial charge in [-0.1, -0.05) is 139 Å². The Balaban J connectivity index is 1.10. The Kier molecular flexibility index (Phi) is 11.4. The lowest BCUT2D eigenvalue weighted by atomic mass is 9.99. The maximum absolute atomic E-state index is 11.9. The number of rotatable bonds is 12. The molecule has 0 aliphatic carbocycles. The van der Waals surface area contributed by atoms with Gasteiger partial charge < -0.3 is 29.6 Å². The van der Waals surface area contributed by atoms with Gasteiger partial charge in [0.1, 0.15) is 5.69 Å². The largest absolute Gasteiger partial charge is 0.431 e. The molecular weight excluding hydrogens is 671 g/mol. The maximum Gasteiger partial charge on any atom is 0.315 e. The number of carbonyl (C=O) groups is 1. The van der Waals surface area contributed by atoms with Crippen LogP contribution in [0.25, 0.3) is 33.7 Å². The van der Waals surface area contributed by atoms with E-state index in [-0.39, 0.29) is 24.8 Å². The minimum Gasteiger partial charge on any atom is -0.431 e. The molecule has 3 unspecified atom stereocenters. The molecule has 3 atom stereocenters. The number of hydrogen-bond acceptors (Lipinski definition) is 7. The first-order valence-electron chi connectivity index (χ1n) is 17.5. The quantitative estimate of drug-likeness (QED) is 0.109. The molecule has 7 rings (SSSR count). The number of nitrogens with zero attached hydrogens (tertiary/aromatic N) is 1. The third-order valence-electron chi connectivity index (χ3n) is 8.93. The molecule has 3 N–H and O–H groups in total. The van der Waals surface area contributed by atoms with Crippen LogP contribution in [-0.4, -0.2) is 34.5 Å². The molecule has 1 aliphatic rings. The molecule has 0 spiro atoms. The number of thioether (sulfide) groups is 1. The SMILES string of the molecule is CCNC(=O)NCc1cccc(-c2ccc(C3OC(CSc4nc(-c5ccccc5)c(-c5ccccc5)o4)CC(c4ccc(CO)cc4)O3)cc2)c1. The van der Waals surface area contributed by atoms with E-state index < -0.39 is 6.29 Å². The van der Waals surface area contributed by atoms with Gasteiger partial charge in [-0.2, -0.15) is 0 Å². The minimum atomic E-state index is -0.590. The van der Waals surface area contributed by atoms with Crippen LogP contribution in [0, 0.1) is 0 Å². The highest BCUT2D eigenvalue weighted by molar-refractivity contribution is 7.99. The maximum atomic E-state index is 11.9. The summed E-state index contributed by atoms with van der Waals surface area (Å²) < 4.78 is 19.7. The first-order valence-corrected chi connectivity index (χ1v) is 18.5. The molecule has 0 radical (unpaired) electrons. The van der Waals surface area contributed by atoms with Gasteiger partial charge in [-0.15, -0.1) is 0 Å². The fourth-order valence-electron chi connectivity index (χ4n) is 6.23. The summed E-state index contributed by atoms with van der Waals surface area (Å²) in [6.45, 7) is 2.90. The van der Waals surface area contributed by atoms with E-state index in [9.17, 15) is 9.90 Å². The summed E-state index contributed by atoms with van der Waals surface area (Å²) in [5.41, 5.74) is 8.70. The number of aliphatic hydroxyl groups excluding tert-OH is 1. The van der Waals surface area contributed by atoms with Gasteiger partial charge in [0.25, 0.3) is 5.22 Å². The molecule has 52 heavy (non-hydrogen) atoms. The molecule has 8 nitrogen and oxygen atoms in total. The van der Waals surface area contributed by atoms with Gasteiger partial charge in [0.2, 0.25) is 0 Å². The highest BCUT2D eigenvalue weighted by Gasteiger charge is 2.33. The van der Waals surface area contributed by atoms with E-state index in [0.29, 0.717) is 30.5 Å². The summed E-state index contributed by atoms with van der Waals surface area (Å²) in [7, 11) is 0. The van der Waals surface area contributed by atoms with E-state index in [0.717, 1.165) is 56.0 Å². The Labute approximate surface area is 308 Å². The third-order valence-corrected chi connectivity index (χ3v) is 9.89. The van der Waals surface area contributed by atoms with Crippen molar-refractivity contribution in [1.29, 1.82) is 0 Å². The molecule has 1 aromatic heterocycles. The lowest BCUT2D eigenvalue weighted by Gasteiger charge is -2.36. The Morgan fingerprint density at radius 2 is 1.44 bits per heavy atom. The molecule has 0 bridgehead atoms. The zero-order chi connectivity index (χ0) is 35.7. The van der Waals surface area contributed by atoms with E-state index in [2.05, 4.69) is 34.9 Å². The van der Waals surface area contributed by atoms with Gasteiger partial charge >= 0.3 is 6.03 Å². The second kappa shape index (κ2) is 16.9. The van der Waals surface area contributed by atoms with Crippen LogP contribution in [0.4, 0.5) is 4.79 Å². The highest BCUT2D eigenvalue weighted by atomic mass is 32.2. The number of urea groups is 1. The highest BCUT2D eigenvalue weighted by Crippen LogP contribution is 2.41. The predicted molar refractivity (Wildman–Crippen MR) is 204 cm³/mol. The van der Waals surface area contributed by atoms with Crippen molar-refractivity contribution in [2.24, 2.45) is 0 Å². The first kappa shape index (κ1) is 35.2. The van der Waals surface area contributed by atoms with Crippen LogP contribution in [0.1, 0.15) is 48.0 Å². The molecule has 2 heterocycles. The normalized spacial score (nSPS) is 17.1. The van der Waals surface area contributed by atoms with E-state index in [1.54, 1.807) is 0 Å². The lowest BCUT2D eigenvalue weighted by molar-refractivity contribution is -0.245. The average Bonchev–Trinajstić information content (AvgIpc) is 3.65. The molecule has 1 aliphatic heterocycles. The van der Waals surface area contributed by atoms with Crippen molar-refractivity contribution in [2.45, 2.75) is 50.2 Å². The molecule has 6 aromatic rings. The molecule has 1 fully saturated rings. The average molecular weight is 712 g/mol. The summed E-state index contributed by atoms with van der Waals surface area (Å²) in [5.74, 6) is 1.36. The molecule has 2 amide bonds. The van der Waals surface area contributed by atoms with Crippen molar-refractivity contribution in [1.82, 2.24) is 15.6 Å². The van der Waals surface area contributed by atoms with Gasteiger partial charge in [-0.05, 0) is 40.8 Å². The minimum absolute atomic E-state index is 0.0111. The number of aliphatic hydroxyl groups is 1. The van der Waals surface area contributed by atoms with Crippen LogP contribution < -0.4 is 10.6 Å². The molecule has 264 valence electrons. The topological polar surface area (TPSA) is 106 Å². The number of ether oxygens (including phenoxy) is 2. The lowest BCUT2D eigenvalue weighted by Crippen LogP contribution is -2.34. The van der Waals surface area contributed by atoms with Crippen LogP contribution in [0.15, 0.2) is 143 Å². The standard InChI is InChI=1S/C43H41N3O5S/c1-2-44-42(48)45-26-30-10-9-15-36(24-30)31-20-22-35(23-21-31)41-49-37(25-38(50-41)32-18-16-29(27-47)17-19-32)28-52-43-46-39(33-11-5-3-6-12-33)40(51-43)34-13-7-4-8-14-34/h3-24,37-38,41,47H,2,25-28H2,1H3,(H2,44,45,48). The van der Waals surface area contributed by atoms with Crippen LogP contribution >= 0.6 is 11.8 Å². The predicted octanol–water partition coefficient (Wildman–Crippen LogP) is 9.32. The van der Waals surface area contributed by atoms with Gasteiger partial charge in [-0.25, -0.2) is 9.78 Å². The Bertz CT molecular complexity index is 2000. The Hall–Kier alpha value is -5.19. The van der Waals surface area contributed by atoms with Crippen molar-refractivity contribution in [3.8, 4) is 33.7 Å². The smallest absolute Gasteiger partial charge is 0.315 e. The summed E-state index contributed by atoms with van der Waals surface area (Å²) in [5, 5.41) is 15.9. The van der Waals surface area contributed by atoms with Gasteiger partial charge in [0.05, 0.1) is 18.8 Å². The molecule has 1 saturated heterocycles.